The first kappa shape index (κ1) is 21.4. The first-order valence-corrected chi connectivity index (χ1v) is 9.78. The molecule has 1 amide bonds. The molecule has 1 aliphatic heterocycles. The van der Waals surface area contributed by atoms with Crippen molar-refractivity contribution in [3.8, 4) is 23.3 Å². The van der Waals surface area contributed by atoms with E-state index in [1.165, 1.54) is 12.1 Å². The van der Waals surface area contributed by atoms with Gasteiger partial charge in [-0.25, -0.2) is 8.78 Å². The molecule has 0 bridgehead atoms. The number of nitriles is 2. The monoisotopic (exact) mass is 408 g/mol. The van der Waals surface area contributed by atoms with E-state index in [0.29, 0.717) is 18.4 Å². The van der Waals surface area contributed by atoms with Crippen molar-refractivity contribution < 1.29 is 13.6 Å². The van der Waals surface area contributed by atoms with Crippen molar-refractivity contribution in [3.05, 3.63) is 59.4 Å². The number of rotatable bonds is 5. The smallest absolute Gasteiger partial charge is 0.238 e. The summed E-state index contributed by atoms with van der Waals surface area (Å²) in [6, 6.07) is 14.0. The highest BCUT2D eigenvalue weighted by Gasteiger charge is 2.31. The topological polar surface area (TPSA) is 88.7 Å². The molecule has 1 fully saturated rings. The van der Waals surface area contributed by atoms with Crippen molar-refractivity contribution in [2.24, 2.45) is 0 Å². The van der Waals surface area contributed by atoms with Gasteiger partial charge >= 0.3 is 0 Å². The summed E-state index contributed by atoms with van der Waals surface area (Å²) in [6.45, 7) is 1.83. The maximum Gasteiger partial charge on any atom is 0.238 e. The third kappa shape index (κ3) is 5.20. The fourth-order valence-electron chi connectivity index (χ4n) is 3.65. The lowest BCUT2D eigenvalue weighted by Crippen LogP contribution is -2.54. The van der Waals surface area contributed by atoms with Gasteiger partial charge in [0.25, 0.3) is 0 Å². The Kier molecular flexibility index (Phi) is 6.76. The van der Waals surface area contributed by atoms with Crippen molar-refractivity contribution in [2.45, 2.75) is 50.5 Å². The predicted octanol–water partition coefficient (Wildman–Crippen LogP) is 3.39. The Labute approximate surface area is 174 Å². The summed E-state index contributed by atoms with van der Waals surface area (Å²) in [5, 5.41) is 24.0. The molecule has 2 aromatic rings. The third-order valence-corrected chi connectivity index (χ3v) is 5.19. The number of alkyl halides is 1. The summed E-state index contributed by atoms with van der Waals surface area (Å²) < 4.78 is 27.6. The number of halogens is 2. The Morgan fingerprint density at radius 3 is 2.50 bits per heavy atom. The summed E-state index contributed by atoms with van der Waals surface area (Å²) >= 11 is 0. The molecule has 4 atom stereocenters. The second kappa shape index (κ2) is 9.47. The molecule has 0 aliphatic carbocycles. The second-order valence-electron chi connectivity index (χ2n) is 7.59. The SMILES string of the molecule is C[C@H]1CC(F)C[C@@H](C(=O)NC(C#N)Cc2ccc(-c3ccc(C#N)c(F)c3)cc2)N1. The molecule has 2 N–H and O–H groups in total. The summed E-state index contributed by atoms with van der Waals surface area (Å²) in [5.74, 6) is -0.951. The highest BCUT2D eigenvalue weighted by molar-refractivity contribution is 5.82. The largest absolute Gasteiger partial charge is 0.339 e. The second-order valence-corrected chi connectivity index (χ2v) is 7.59. The molecule has 3 rings (SSSR count). The number of carbonyl (C=O) groups excluding carboxylic acids is 1. The highest BCUT2D eigenvalue weighted by Crippen LogP contribution is 2.23. The molecule has 7 heteroatoms. The van der Waals surface area contributed by atoms with Crippen LogP contribution in [0, 0.1) is 28.5 Å². The van der Waals surface area contributed by atoms with Crippen molar-refractivity contribution in [2.75, 3.05) is 0 Å². The van der Waals surface area contributed by atoms with E-state index in [1.54, 1.807) is 36.4 Å². The van der Waals surface area contributed by atoms with Gasteiger partial charge in [-0.1, -0.05) is 30.3 Å². The van der Waals surface area contributed by atoms with Gasteiger partial charge in [0.05, 0.1) is 17.7 Å². The number of amides is 1. The van der Waals surface area contributed by atoms with Crippen LogP contribution in [0.5, 0.6) is 0 Å². The highest BCUT2D eigenvalue weighted by atomic mass is 19.1. The average Bonchev–Trinajstić information content (AvgIpc) is 2.73. The quantitative estimate of drug-likeness (QED) is 0.794. The van der Waals surface area contributed by atoms with E-state index in [4.69, 9.17) is 5.26 Å². The molecular weight excluding hydrogens is 386 g/mol. The Bertz CT molecular complexity index is 984. The minimum Gasteiger partial charge on any atom is -0.339 e. The van der Waals surface area contributed by atoms with Gasteiger partial charge < -0.3 is 10.6 Å². The third-order valence-electron chi connectivity index (χ3n) is 5.19. The molecule has 0 spiro atoms. The van der Waals surface area contributed by atoms with E-state index >= 15 is 0 Å². The normalized spacial score (nSPS) is 21.8. The van der Waals surface area contributed by atoms with Crippen LogP contribution in [0.3, 0.4) is 0 Å². The number of nitrogens with one attached hydrogen (secondary N) is 2. The van der Waals surface area contributed by atoms with Crippen LogP contribution in [0.4, 0.5) is 8.78 Å². The molecule has 154 valence electrons. The Hall–Kier alpha value is -3.29. The van der Waals surface area contributed by atoms with Gasteiger partial charge in [-0.05, 0) is 42.2 Å². The van der Waals surface area contributed by atoms with E-state index in [-0.39, 0.29) is 23.9 Å². The van der Waals surface area contributed by atoms with Crippen molar-refractivity contribution in [3.63, 3.8) is 0 Å². The van der Waals surface area contributed by atoms with Crippen LogP contribution >= 0.6 is 0 Å². The van der Waals surface area contributed by atoms with E-state index in [1.807, 2.05) is 6.92 Å². The van der Waals surface area contributed by atoms with Gasteiger partial charge in [0.1, 0.15) is 24.1 Å². The van der Waals surface area contributed by atoms with Gasteiger partial charge in [-0.3, -0.25) is 4.79 Å². The van der Waals surface area contributed by atoms with Crippen LogP contribution in [-0.4, -0.2) is 30.2 Å². The van der Waals surface area contributed by atoms with E-state index in [0.717, 1.165) is 11.1 Å². The standard InChI is InChI=1S/C23H22F2N4O/c1-14-8-19(24)11-22(28-14)23(30)29-20(13-27)9-15-2-4-16(5-3-15)17-6-7-18(12-26)21(25)10-17/h2-7,10,14,19-20,22,28H,8-9,11H2,1H3,(H,29,30)/t14-,19?,20?,22-/m0/s1. The maximum absolute atomic E-state index is 13.8. The van der Waals surface area contributed by atoms with E-state index < -0.39 is 24.1 Å². The van der Waals surface area contributed by atoms with Crippen LogP contribution in [0.2, 0.25) is 0 Å². The number of benzene rings is 2. The Balaban J connectivity index is 1.63. The lowest BCUT2D eigenvalue weighted by atomic mass is 9.96. The summed E-state index contributed by atoms with van der Waals surface area (Å²) in [7, 11) is 0. The number of carbonyl (C=O) groups is 1. The summed E-state index contributed by atoms with van der Waals surface area (Å²) in [5.41, 5.74) is 2.23. The Morgan fingerprint density at radius 1 is 1.20 bits per heavy atom. The van der Waals surface area contributed by atoms with Gasteiger partial charge in [0.15, 0.2) is 0 Å². The lowest BCUT2D eigenvalue weighted by molar-refractivity contribution is -0.125. The minimum atomic E-state index is -1.03. The molecule has 2 unspecified atom stereocenters. The average molecular weight is 408 g/mol. The van der Waals surface area contributed by atoms with E-state index in [2.05, 4.69) is 16.7 Å². The predicted molar refractivity (Wildman–Crippen MR) is 108 cm³/mol. The number of piperidine rings is 1. The van der Waals surface area contributed by atoms with Gasteiger partial charge in [0, 0.05) is 18.9 Å². The van der Waals surface area contributed by atoms with E-state index in [9.17, 15) is 18.8 Å². The zero-order valence-electron chi connectivity index (χ0n) is 16.5. The molecule has 1 saturated heterocycles. The molecule has 0 saturated carbocycles. The molecule has 2 aromatic carbocycles. The van der Waals surface area contributed by atoms with Crippen LogP contribution in [-0.2, 0) is 11.2 Å². The molecule has 5 nitrogen and oxygen atoms in total. The fraction of sp³-hybridized carbons (Fsp3) is 0.348. The fourth-order valence-corrected chi connectivity index (χ4v) is 3.65. The van der Waals surface area contributed by atoms with Gasteiger partial charge in [-0.15, -0.1) is 0 Å². The van der Waals surface area contributed by atoms with Crippen LogP contribution in [0.15, 0.2) is 42.5 Å². The van der Waals surface area contributed by atoms with Crippen molar-refractivity contribution in [1.29, 1.82) is 10.5 Å². The van der Waals surface area contributed by atoms with Gasteiger partial charge in [-0.2, -0.15) is 10.5 Å². The molecular formula is C23H22F2N4O. The van der Waals surface area contributed by atoms with Crippen LogP contribution < -0.4 is 10.6 Å². The molecule has 0 aromatic heterocycles. The maximum atomic E-state index is 13.8. The van der Waals surface area contributed by atoms with Crippen LogP contribution in [0.25, 0.3) is 11.1 Å². The summed E-state index contributed by atoms with van der Waals surface area (Å²) in [6.07, 6.45) is -0.256. The molecule has 30 heavy (non-hydrogen) atoms. The summed E-state index contributed by atoms with van der Waals surface area (Å²) in [4.78, 5) is 12.4. The van der Waals surface area contributed by atoms with Crippen molar-refractivity contribution >= 4 is 5.91 Å². The van der Waals surface area contributed by atoms with Gasteiger partial charge in [0.2, 0.25) is 5.91 Å². The molecule has 1 aliphatic rings. The number of hydrogen-bond donors (Lipinski definition) is 2. The number of hydrogen-bond acceptors (Lipinski definition) is 4. The molecule has 0 radical (unpaired) electrons. The zero-order valence-corrected chi connectivity index (χ0v) is 16.5. The first-order valence-electron chi connectivity index (χ1n) is 9.78. The zero-order chi connectivity index (χ0) is 21.7. The molecule has 1 heterocycles. The van der Waals surface area contributed by atoms with Crippen molar-refractivity contribution in [1.82, 2.24) is 10.6 Å². The van der Waals surface area contributed by atoms with Crippen LogP contribution in [0.1, 0.15) is 30.9 Å². The lowest BCUT2D eigenvalue weighted by Gasteiger charge is -2.30. The Morgan fingerprint density at radius 2 is 1.90 bits per heavy atom. The first-order chi connectivity index (χ1) is 14.4. The minimum absolute atomic E-state index is 0.0103. The number of nitrogens with zero attached hydrogens (tertiary/aromatic N) is 2.